The van der Waals surface area contributed by atoms with Gasteiger partial charge in [-0.3, -0.25) is 9.59 Å². The van der Waals surface area contributed by atoms with Crippen molar-refractivity contribution in [3.8, 4) is 0 Å². The summed E-state index contributed by atoms with van der Waals surface area (Å²) in [6.45, 7) is 6.38. The van der Waals surface area contributed by atoms with Gasteiger partial charge in [0.15, 0.2) is 0 Å². The lowest BCUT2D eigenvalue weighted by atomic mass is 10.2. The van der Waals surface area contributed by atoms with Crippen molar-refractivity contribution in [1.82, 2.24) is 19.4 Å². The first-order chi connectivity index (χ1) is 11.5. The van der Waals surface area contributed by atoms with Gasteiger partial charge in [-0.1, -0.05) is 0 Å². The average molecular weight is 328 g/mol. The number of aromatic amines is 1. The minimum Gasteiger partial charge on any atom is -0.362 e. The Hall–Kier alpha value is -2.50. The van der Waals surface area contributed by atoms with Gasteiger partial charge in [0.25, 0.3) is 11.8 Å². The highest BCUT2D eigenvalue weighted by molar-refractivity contribution is 5.96. The van der Waals surface area contributed by atoms with Crippen molar-refractivity contribution in [2.24, 2.45) is 7.05 Å². The van der Waals surface area contributed by atoms with Gasteiger partial charge in [-0.15, -0.1) is 0 Å². The summed E-state index contributed by atoms with van der Waals surface area (Å²) < 4.78 is 1.87. The van der Waals surface area contributed by atoms with Gasteiger partial charge in [-0.2, -0.15) is 0 Å². The van der Waals surface area contributed by atoms with Crippen LogP contribution in [0.4, 0.5) is 0 Å². The van der Waals surface area contributed by atoms with E-state index in [1.807, 2.05) is 59.8 Å². The molecule has 1 aliphatic heterocycles. The summed E-state index contributed by atoms with van der Waals surface area (Å²) in [5.74, 6) is 0.0874. The fourth-order valence-corrected chi connectivity index (χ4v) is 3.25. The van der Waals surface area contributed by atoms with Crippen molar-refractivity contribution in [3.05, 3.63) is 47.0 Å². The highest BCUT2D eigenvalue weighted by atomic mass is 16.2. The lowest BCUT2D eigenvalue weighted by Crippen LogP contribution is -2.37. The summed E-state index contributed by atoms with van der Waals surface area (Å²) >= 11 is 0. The Bertz CT molecular complexity index is 759. The number of carbonyl (C=O) groups is 2. The van der Waals surface area contributed by atoms with Crippen molar-refractivity contribution >= 4 is 11.8 Å². The number of amides is 2. The van der Waals surface area contributed by atoms with Gasteiger partial charge in [0.1, 0.15) is 0 Å². The molecule has 24 heavy (non-hydrogen) atoms. The third-order valence-corrected chi connectivity index (χ3v) is 4.53. The predicted molar refractivity (Wildman–Crippen MR) is 92.1 cm³/mol. The summed E-state index contributed by atoms with van der Waals surface area (Å²) in [4.78, 5) is 32.2. The molecule has 1 fully saturated rings. The Morgan fingerprint density at radius 1 is 1.04 bits per heavy atom. The summed E-state index contributed by atoms with van der Waals surface area (Å²) in [6.07, 6.45) is 4.51. The highest BCUT2D eigenvalue weighted by Gasteiger charge is 2.25. The van der Waals surface area contributed by atoms with Crippen molar-refractivity contribution in [3.63, 3.8) is 0 Å². The second-order valence-corrected chi connectivity index (χ2v) is 6.49. The van der Waals surface area contributed by atoms with Gasteiger partial charge in [0, 0.05) is 57.0 Å². The number of nitrogens with one attached hydrogen (secondary N) is 1. The van der Waals surface area contributed by atoms with Gasteiger partial charge in [0.2, 0.25) is 0 Å². The van der Waals surface area contributed by atoms with Crippen molar-refractivity contribution in [2.45, 2.75) is 20.3 Å². The van der Waals surface area contributed by atoms with Crippen LogP contribution in [-0.4, -0.2) is 57.3 Å². The molecule has 0 aliphatic carbocycles. The standard InChI is InChI=1S/C18H24N4O2/c1-13-11-16(14(2)19-13)18(24)22-7-4-6-21(9-10-22)17(23)15-5-8-20(3)12-15/h5,8,11-12,19H,4,6-7,9-10H2,1-3H3. The molecule has 1 aliphatic rings. The van der Waals surface area contributed by atoms with E-state index in [0.29, 0.717) is 31.7 Å². The molecule has 1 saturated heterocycles. The van der Waals surface area contributed by atoms with Gasteiger partial charge >= 0.3 is 0 Å². The number of aryl methyl sites for hydroxylation is 3. The smallest absolute Gasteiger partial charge is 0.255 e. The van der Waals surface area contributed by atoms with Crippen LogP contribution in [0.3, 0.4) is 0 Å². The van der Waals surface area contributed by atoms with Crippen LogP contribution in [0.15, 0.2) is 24.5 Å². The summed E-state index contributed by atoms with van der Waals surface area (Å²) in [5, 5.41) is 0. The molecule has 2 aromatic heterocycles. The lowest BCUT2D eigenvalue weighted by molar-refractivity contribution is 0.0718. The number of nitrogens with zero attached hydrogens (tertiary/aromatic N) is 3. The van der Waals surface area contributed by atoms with Crippen LogP contribution < -0.4 is 0 Å². The van der Waals surface area contributed by atoms with E-state index in [4.69, 9.17) is 0 Å². The van der Waals surface area contributed by atoms with E-state index in [0.717, 1.165) is 23.4 Å². The van der Waals surface area contributed by atoms with E-state index in [2.05, 4.69) is 4.98 Å². The maximum Gasteiger partial charge on any atom is 0.255 e. The number of H-pyrrole nitrogens is 1. The molecule has 0 atom stereocenters. The Balaban J connectivity index is 1.68. The Morgan fingerprint density at radius 3 is 2.25 bits per heavy atom. The van der Waals surface area contributed by atoms with E-state index in [9.17, 15) is 9.59 Å². The van der Waals surface area contributed by atoms with E-state index < -0.39 is 0 Å². The van der Waals surface area contributed by atoms with Gasteiger partial charge in [0.05, 0.1) is 11.1 Å². The number of rotatable bonds is 2. The minimum absolute atomic E-state index is 0.0403. The molecule has 0 spiro atoms. The van der Waals surface area contributed by atoms with Crippen molar-refractivity contribution in [1.29, 1.82) is 0 Å². The Morgan fingerprint density at radius 2 is 1.71 bits per heavy atom. The quantitative estimate of drug-likeness (QED) is 0.916. The normalized spacial score (nSPS) is 15.5. The van der Waals surface area contributed by atoms with E-state index >= 15 is 0 Å². The lowest BCUT2D eigenvalue weighted by Gasteiger charge is -2.22. The molecule has 128 valence electrons. The van der Waals surface area contributed by atoms with E-state index in [1.54, 1.807) is 0 Å². The van der Waals surface area contributed by atoms with Crippen molar-refractivity contribution < 1.29 is 9.59 Å². The zero-order chi connectivity index (χ0) is 17.3. The van der Waals surface area contributed by atoms with Crippen molar-refractivity contribution in [2.75, 3.05) is 26.2 Å². The first-order valence-corrected chi connectivity index (χ1v) is 8.32. The van der Waals surface area contributed by atoms with Gasteiger partial charge in [-0.25, -0.2) is 0 Å². The third kappa shape index (κ3) is 3.22. The minimum atomic E-state index is 0.0403. The second kappa shape index (κ2) is 6.55. The zero-order valence-corrected chi connectivity index (χ0v) is 14.5. The zero-order valence-electron chi connectivity index (χ0n) is 14.5. The van der Waals surface area contributed by atoms with Crippen LogP contribution in [-0.2, 0) is 7.05 Å². The molecular formula is C18H24N4O2. The van der Waals surface area contributed by atoms with E-state index in [1.165, 1.54) is 0 Å². The van der Waals surface area contributed by atoms with Crippen LogP contribution in [0.5, 0.6) is 0 Å². The van der Waals surface area contributed by atoms with Crippen LogP contribution in [0.1, 0.15) is 38.5 Å². The average Bonchev–Trinajstić information content (AvgIpc) is 3.02. The predicted octanol–water partition coefficient (Wildman–Crippen LogP) is 1.96. The fraction of sp³-hybridized carbons (Fsp3) is 0.444. The molecule has 6 heteroatoms. The molecule has 0 bridgehead atoms. The second-order valence-electron chi connectivity index (χ2n) is 6.49. The van der Waals surface area contributed by atoms with Crippen LogP contribution in [0.25, 0.3) is 0 Å². The number of hydrogen-bond donors (Lipinski definition) is 1. The summed E-state index contributed by atoms with van der Waals surface area (Å²) in [6, 6.07) is 3.73. The maximum absolute atomic E-state index is 12.7. The maximum atomic E-state index is 12.7. The summed E-state index contributed by atoms with van der Waals surface area (Å²) in [7, 11) is 1.90. The van der Waals surface area contributed by atoms with Crippen LogP contribution in [0, 0.1) is 13.8 Å². The first-order valence-electron chi connectivity index (χ1n) is 8.32. The molecule has 3 rings (SSSR count). The molecule has 6 nitrogen and oxygen atoms in total. The third-order valence-electron chi connectivity index (χ3n) is 4.53. The molecule has 0 unspecified atom stereocenters. The topological polar surface area (TPSA) is 61.3 Å². The Labute approximate surface area is 142 Å². The molecule has 3 heterocycles. The SMILES string of the molecule is Cc1cc(C(=O)N2CCCN(C(=O)c3ccn(C)c3)CC2)c(C)[nH]1. The number of hydrogen-bond acceptors (Lipinski definition) is 2. The van der Waals surface area contributed by atoms with Crippen LogP contribution >= 0.6 is 0 Å². The molecule has 0 radical (unpaired) electrons. The Kier molecular flexibility index (Phi) is 4.46. The van der Waals surface area contributed by atoms with Gasteiger partial charge in [-0.05, 0) is 32.4 Å². The first kappa shape index (κ1) is 16.4. The monoisotopic (exact) mass is 328 g/mol. The fourth-order valence-electron chi connectivity index (χ4n) is 3.25. The summed E-state index contributed by atoms with van der Waals surface area (Å²) in [5.41, 5.74) is 3.33. The van der Waals surface area contributed by atoms with Gasteiger partial charge < -0.3 is 19.4 Å². The number of aromatic nitrogens is 2. The molecular weight excluding hydrogens is 304 g/mol. The molecule has 0 saturated carbocycles. The molecule has 1 N–H and O–H groups in total. The molecule has 2 aromatic rings. The van der Waals surface area contributed by atoms with Crippen LogP contribution in [0.2, 0.25) is 0 Å². The largest absolute Gasteiger partial charge is 0.362 e. The molecule has 0 aromatic carbocycles. The number of carbonyl (C=O) groups excluding carboxylic acids is 2. The highest BCUT2D eigenvalue weighted by Crippen LogP contribution is 2.15. The molecule has 2 amide bonds. The van der Waals surface area contributed by atoms with E-state index in [-0.39, 0.29) is 11.8 Å².